The van der Waals surface area contributed by atoms with Crippen LogP contribution >= 0.6 is 0 Å². The van der Waals surface area contributed by atoms with E-state index in [2.05, 4.69) is 11.8 Å². The van der Waals surface area contributed by atoms with Crippen molar-refractivity contribution in [2.45, 2.75) is 90.4 Å². The Morgan fingerprint density at radius 3 is 2.50 bits per heavy atom. The van der Waals surface area contributed by atoms with Crippen LogP contribution in [0.5, 0.6) is 0 Å². The normalized spacial score (nSPS) is 51.9. The van der Waals surface area contributed by atoms with Crippen molar-refractivity contribution in [3.8, 4) is 0 Å². The van der Waals surface area contributed by atoms with Gasteiger partial charge in [0, 0.05) is 6.54 Å². The summed E-state index contributed by atoms with van der Waals surface area (Å²) in [6.45, 7) is 7.02. The van der Waals surface area contributed by atoms with Crippen molar-refractivity contribution in [2.24, 2.45) is 34.5 Å². The molecule has 136 valence electrons. The second-order valence-corrected chi connectivity index (χ2v) is 10.7. The Morgan fingerprint density at radius 2 is 1.62 bits per heavy atom. The maximum absolute atomic E-state index is 2.85. The van der Waals surface area contributed by atoms with Crippen LogP contribution in [0.2, 0.25) is 0 Å². The van der Waals surface area contributed by atoms with Gasteiger partial charge in [0.25, 0.3) is 0 Å². The third kappa shape index (κ3) is 2.36. The van der Waals surface area contributed by atoms with Gasteiger partial charge in [0.1, 0.15) is 0 Å². The fourth-order valence-electron chi connectivity index (χ4n) is 8.75. The molecule has 1 heteroatoms. The molecule has 1 nitrogen and oxygen atoms in total. The smallest absolute Gasteiger partial charge is 0.00407 e. The molecule has 0 amide bonds. The van der Waals surface area contributed by atoms with E-state index in [9.17, 15) is 0 Å². The van der Waals surface area contributed by atoms with Crippen molar-refractivity contribution < 1.29 is 0 Å². The summed E-state index contributed by atoms with van der Waals surface area (Å²) in [5, 5.41) is 0. The summed E-state index contributed by atoms with van der Waals surface area (Å²) in [6, 6.07) is 0. The summed E-state index contributed by atoms with van der Waals surface area (Å²) in [7, 11) is 0. The van der Waals surface area contributed by atoms with Crippen LogP contribution in [-0.2, 0) is 0 Å². The molecule has 0 spiro atoms. The van der Waals surface area contributed by atoms with Gasteiger partial charge in [0.2, 0.25) is 0 Å². The van der Waals surface area contributed by atoms with Gasteiger partial charge >= 0.3 is 0 Å². The number of rotatable bonds is 2. The van der Waals surface area contributed by atoms with Gasteiger partial charge in [-0.2, -0.15) is 0 Å². The third-order valence-electron chi connectivity index (χ3n) is 9.85. The second kappa shape index (κ2) is 6.00. The van der Waals surface area contributed by atoms with Gasteiger partial charge in [-0.3, -0.25) is 0 Å². The maximum Gasteiger partial charge on any atom is 0.00407 e. The van der Waals surface area contributed by atoms with Crippen LogP contribution in [-0.4, -0.2) is 24.5 Å². The molecule has 5 fully saturated rings. The van der Waals surface area contributed by atoms with Gasteiger partial charge in [0.05, 0.1) is 0 Å². The van der Waals surface area contributed by atoms with E-state index in [1.54, 1.807) is 57.8 Å². The second-order valence-electron chi connectivity index (χ2n) is 10.7. The van der Waals surface area contributed by atoms with Crippen molar-refractivity contribution in [2.75, 3.05) is 19.6 Å². The molecule has 1 aliphatic heterocycles. The Kier molecular flexibility index (Phi) is 4.04. The molecule has 5 aliphatic rings. The highest BCUT2D eigenvalue weighted by Gasteiger charge is 2.58. The van der Waals surface area contributed by atoms with Gasteiger partial charge < -0.3 is 4.90 Å². The molecule has 0 bridgehead atoms. The Balaban J connectivity index is 1.39. The summed E-state index contributed by atoms with van der Waals surface area (Å²) in [5.41, 5.74) is 1.47. The lowest BCUT2D eigenvalue weighted by molar-refractivity contribution is -0.112. The summed E-state index contributed by atoms with van der Waals surface area (Å²) in [5.74, 6) is 4.37. The molecule has 0 aromatic rings. The van der Waals surface area contributed by atoms with Crippen LogP contribution in [0.3, 0.4) is 0 Å². The predicted molar refractivity (Wildman–Crippen MR) is 101 cm³/mol. The van der Waals surface area contributed by atoms with Crippen LogP contribution in [0.15, 0.2) is 0 Å². The van der Waals surface area contributed by atoms with Gasteiger partial charge in [-0.05, 0) is 112 Å². The summed E-state index contributed by atoms with van der Waals surface area (Å²) in [4.78, 5) is 2.85. The van der Waals surface area contributed by atoms with Crippen molar-refractivity contribution in [1.29, 1.82) is 0 Å². The molecule has 0 N–H and O–H groups in total. The standard InChI is InChI=1S/C23H39N/c1-22-12-3-2-7-18(22)9-10-19-20(22)11-14-23(13-6-8-21(19)23)17-24-15-4-5-16-24/h18-21H,2-17H2,1H3/t18?,19-,20+,21+,22+,23+/m1/s1. The van der Waals surface area contributed by atoms with Crippen molar-refractivity contribution in [3.63, 3.8) is 0 Å². The van der Waals surface area contributed by atoms with Crippen LogP contribution in [0, 0.1) is 34.5 Å². The fourth-order valence-corrected chi connectivity index (χ4v) is 8.75. The minimum Gasteiger partial charge on any atom is -0.303 e. The SMILES string of the molecule is C[C@]12CCCCC1CC[C@H]1[C@@H]3CCC[C@@]3(CN3CCCC3)CC[C@@H]12. The van der Waals surface area contributed by atoms with E-state index in [0.717, 1.165) is 34.5 Å². The van der Waals surface area contributed by atoms with E-state index in [1.807, 2.05) is 0 Å². The largest absolute Gasteiger partial charge is 0.303 e. The van der Waals surface area contributed by atoms with E-state index < -0.39 is 0 Å². The van der Waals surface area contributed by atoms with Crippen molar-refractivity contribution in [3.05, 3.63) is 0 Å². The molecular formula is C23H39N. The summed E-state index contributed by atoms with van der Waals surface area (Å²) < 4.78 is 0. The minimum atomic E-state index is 0.726. The highest BCUT2D eigenvalue weighted by molar-refractivity contribution is 5.08. The van der Waals surface area contributed by atoms with E-state index in [-0.39, 0.29) is 0 Å². The first-order valence-electron chi connectivity index (χ1n) is 11.4. The van der Waals surface area contributed by atoms with Crippen molar-refractivity contribution >= 4 is 0 Å². The summed E-state index contributed by atoms with van der Waals surface area (Å²) in [6.07, 6.45) is 20.1. The first kappa shape index (κ1) is 16.2. The van der Waals surface area contributed by atoms with Crippen LogP contribution in [0.4, 0.5) is 0 Å². The molecule has 4 aliphatic carbocycles. The monoisotopic (exact) mass is 329 g/mol. The van der Waals surface area contributed by atoms with E-state index in [4.69, 9.17) is 0 Å². The zero-order chi connectivity index (χ0) is 16.2. The Labute approximate surface area is 149 Å². The van der Waals surface area contributed by atoms with Gasteiger partial charge in [0.15, 0.2) is 0 Å². The molecule has 6 atom stereocenters. The molecule has 5 rings (SSSR count). The minimum absolute atomic E-state index is 0.726. The molecular weight excluding hydrogens is 290 g/mol. The molecule has 1 unspecified atom stereocenters. The molecule has 1 heterocycles. The molecule has 0 radical (unpaired) electrons. The van der Waals surface area contributed by atoms with Crippen LogP contribution in [0.1, 0.15) is 90.4 Å². The first-order valence-corrected chi connectivity index (χ1v) is 11.4. The average Bonchev–Trinajstić information content (AvgIpc) is 3.24. The first-order chi connectivity index (χ1) is 11.7. The molecule has 0 aromatic carbocycles. The number of hydrogen-bond donors (Lipinski definition) is 0. The Morgan fingerprint density at radius 1 is 0.750 bits per heavy atom. The molecule has 1 saturated heterocycles. The zero-order valence-electron chi connectivity index (χ0n) is 16.1. The van der Waals surface area contributed by atoms with Gasteiger partial charge in [-0.25, -0.2) is 0 Å². The van der Waals surface area contributed by atoms with E-state index in [0.29, 0.717) is 0 Å². The molecule has 24 heavy (non-hydrogen) atoms. The van der Waals surface area contributed by atoms with Gasteiger partial charge in [-0.15, -0.1) is 0 Å². The lowest BCUT2D eigenvalue weighted by Gasteiger charge is -2.60. The Hall–Kier alpha value is -0.0400. The molecule has 0 aromatic heterocycles. The molecule has 4 saturated carbocycles. The number of fused-ring (bicyclic) bond motifs is 5. The highest BCUT2D eigenvalue weighted by Crippen LogP contribution is 2.66. The highest BCUT2D eigenvalue weighted by atomic mass is 15.1. The Bertz CT molecular complexity index is 467. The van der Waals surface area contributed by atoms with E-state index in [1.165, 1.54) is 45.3 Å². The fraction of sp³-hybridized carbons (Fsp3) is 1.00. The van der Waals surface area contributed by atoms with Crippen LogP contribution in [0.25, 0.3) is 0 Å². The van der Waals surface area contributed by atoms with Crippen LogP contribution < -0.4 is 0 Å². The quantitative estimate of drug-likeness (QED) is 0.611. The maximum atomic E-state index is 2.85. The number of likely N-dealkylation sites (tertiary alicyclic amines) is 1. The topological polar surface area (TPSA) is 3.24 Å². The average molecular weight is 330 g/mol. The number of nitrogens with zero attached hydrogens (tertiary/aromatic N) is 1. The lowest BCUT2D eigenvalue weighted by atomic mass is 9.45. The predicted octanol–water partition coefficient (Wildman–Crippen LogP) is 5.89. The van der Waals surface area contributed by atoms with Gasteiger partial charge in [-0.1, -0.05) is 26.2 Å². The lowest BCUT2D eigenvalue weighted by Crippen LogP contribution is -2.54. The van der Waals surface area contributed by atoms with Crippen molar-refractivity contribution in [1.82, 2.24) is 4.90 Å². The van der Waals surface area contributed by atoms with E-state index >= 15 is 0 Å². The zero-order valence-corrected chi connectivity index (χ0v) is 16.1. The number of hydrogen-bond acceptors (Lipinski definition) is 1. The summed E-state index contributed by atoms with van der Waals surface area (Å²) >= 11 is 0. The third-order valence-corrected chi connectivity index (χ3v) is 9.85.